The molecule has 0 radical (unpaired) electrons. The van der Waals surface area contributed by atoms with Gasteiger partial charge in [-0.2, -0.15) is 0 Å². The van der Waals surface area contributed by atoms with Gasteiger partial charge in [-0.25, -0.2) is 0 Å². The number of anilines is 1. The van der Waals surface area contributed by atoms with E-state index in [-0.39, 0.29) is 11.4 Å². The van der Waals surface area contributed by atoms with Gasteiger partial charge in [0, 0.05) is 29.7 Å². The minimum absolute atomic E-state index is 0.0522. The average Bonchev–Trinajstić information content (AvgIpc) is 3.11. The van der Waals surface area contributed by atoms with Gasteiger partial charge in [0.05, 0.1) is 10.3 Å². The van der Waals surface area contributed by atoms with E-state index in [1.54, 1.807) is 36.6 Å². The number of methoxy groups -OCH3 is 1. The third kappa shape index (κ3) is 2.79. The summed E-state index contributed by atoms with van der Waals surface area (Å²) in [4.78, 5) is 0. The fourth-order valence-corrected chi connectivity index (χ4v) is 4.32. The van der Waals surface area contributed by atoms with Gasteiger partial charge in [-0.1, -0.05) is 5.92 Å². The Labute approximate surface area is 156 Å². The fourth-order valence-electron chi connectivity index (χ4n) is 3.43. The molecule has 0 bridgehead atoms. The number of phenolic OH excluding ortho intramolecular Hbond substituents is 1. The second-order valence-corrected chi connectivity index (χ2v) is 7.76. The molecule has 1 fully saturated rings. The third-order valence-corrected chi connectivity index (χ3v) is 5.92. The second kappa shape index (κ2) is 6.27. The minimum Gasteiger partial charge on any atom is -0.507 e. The van der Waals surface area contributed by atoms with E-state index in [0.717, 1.165) is 28.7 Å². The number of nitrogens with one attached hydrogen (secondary N) is 1. The van der Waals surface area contributed by atoms with Gasteiger partial charge in [0.25, 0.3) is 0 Å². The van der Waals surface area contributed by atoms with E-state index in [1.807, 2.05) is 11.4 Å². The summed E-state index contributed by atoms with van der Waals surface area (Å²) in [5, 5.41) is 25.6. The van der Waals surface area contributed by atoms with Gasteiger partial charge in [-0.15, -0.1) is 28.0 Å². The van der Waals surface area contributed by atoms with Crippen LogP contribution in [0.4, 0.5) is 5.82 Å². The summed E-state index contributed by atoms with van der Waals surface area (Å²) in [7, 11) is 1.75. The number of aromatic hydroxyl groups is 1. The summed E-state index contributed by atoms with van der Waals surface area (Å²) < 4.78 is 6.49. The highest BCUT2D eigenvalue weighted by Crippen LogP contribution is 2.40. The van der Waals surface area contributed by atoms with Crippen LogP contribution in [0.2, 0.25) is 0 Å². The Morgan fingerprint density at radius 1 is 1.35 bits per heavy atom. The molecule has 0 unspecified atom stereocenters. The molecule has 6 heteroatoms. The summed E-state index contributed by atoms with van der Waals surface area (Å²) in [6, 6.07) is 7.51. The number of benzene rings is 1. The maximum atomic E-state index is 10.3. The Kier molecular flexibility index (Phi) is 4.06. The highest BCUT2D eigenvalue weighted by atomic mass is 32.1. The van der Waals surface area contributed by atoms with E-state index in [1.165, 1.54) is 0 Å². The lowest BCUT2D eigenvalue weighted by Crippen LogP contribution is -2.49. The predicted molar refractivity (Wildman–Crippen MR) is 105 cm³/mol. The Morgan fingerprint density at radius 2 is 2.15 bits per heavy atom. The van der Waals surface area contributed by atoms with Gasteiger partial charge < -0.3 is 15.2 Å². The van der Waals surface area contributed by atoms with Crippen LogP contribution in [0.1, 0.15) is 25.3 Å². The monoisotopic (exact) mass is 365 g/mol. The molecule has 2 heterocycles. The normalized spacial score (nSPS) is 22.0. The smallest absolute Gasteiger partial charge is 0.157 e. The van der Waals surface area contributed by atoms with Crippen molar-refractivity contribution < 1.29 is 9.84 Å². The van der Waals surface area contributed by atoms with E-state index in [2.05, 4.69) is 28.4 Å². The zero-order valence-electron chi connectivity index (χ0n) is 14.6. The highest BCUT2D eigenvalue weighted by molar-refractivity contribution is 7.17. The first-order chi connectivity index (χ1) is 12.5. The molecule has 2 N–H and O–H groups in total. The number of aromatic nitrogens is 2. The largest absolute Gasteiger partial charge is 0.507 e. The van der Waals surface area contributed by atoms with Crippen molar-refractivity contribution in [3.8, 4) is 29.4 Å². The molecule has 0 amide bonds. The molecule has 1 aliphatic carbocycles. The number of hydrogen-bond donors (Lipinski definition) is 2. The van der Waals surface area contributed by atoms with Crippen LogP contribution in [0, 0.1) is 12.3 Å². The number of ether oxygens (including phenoxy) is 1. The van der Waals surface area contributed by atoms with Crippen LogP contribution < -0.4 is 5.32 Å². The summed E-state index contributed by atoms with van der Waals surface area (Å²) in [6.07, 6.45) is 7.27. The molecule has 0 aliphatic heterocycles. The topological polar surface area (TPSA) is 67.3 Å². The molecule has 0 saturated heterocycles. The van der Waals surface area contributed by atoms with Crippen molar-refractivity contribution in [2.24, 2.45) is 0 Å². The Balaban J connectivity index is 1.68. The van der Waals surface area contributed by atoms with Gasteiger partial charge >= 0.3 is 0 Å². The fraction of sp³-hybridized carbons (Fsp3) is 0.300. The molecule has 5 nitrogen and oxygen atoms in total. The van der Waals surface area contributed by atoms with E-state index < -0.39 is 0 Å². The van der Waals surface area contributed by atoms with E-state index >= 15 is 0 Å². The Morgan fingerprint density at radius 3 is 2.85 bits per heavy atom. The van der Waals surface area contributed by atoms with Crippen LogP contribution in [0.25, 0.3) is 21.3 Å². The predicted octanol–water partition coefficient (Wildman–Crippen LogP) is 4.02. The van der Waals surface area contributed by atoms with Crippen molar-refractivity contribution in [2.75, 3.05) is 12.4 Å². The summed E-state index contributed by atoms with van der Waals surface area (Å²) in [5.41, 5.74) is 1.87. The number of nitrogens with zero attached hydrogens (tertiary/aromatic N) is 2. The van der Waals surface area contributed by atoms with Crippen LogP contribution >= 0.6 is 11.3 Å². The van der Waals surface area contributed by atoms with Crippen molar-refractivity contribution in [1.29, 1.82) is 0 Å². The Hall–Kier alpha value is -2.62. The van der Waals surface area contributed by atoms with Gasteiger partial charge in [0.15, 0.2) is 5.82 Å². The molecule has 1 saturated carbocycles. The molecule has 0 spiro atoms. The van der Waals surface area contributed by atoms with Crippen LogP contribution in [-0.2, 0) is 4.74 Å². The number of hydrogen-bond acceptors (Lipinski definition) is 6. The average molecular weight is 365 g/mol. The molecule has 2 aromatic heterocycles. The van der Waals surface area contributed by atoms with Gasteiger partial charge in [-0.05, 0) is 49.4 Å². The van der Waals surface area contributed by atoms with Crippen molar-refractivity contribution in [2.45, 2.75) is 31.4 Å². The maximum absolute atomic E-state index is 10.3. The molecule has 26 heavy (non-hydrogen) atoms. The number of phenols is 1. The zero-order valence-corrected chi connectivity index (χ0v) is 15.4. The third-order valence-electron chi connectivity index (χ3n) is 4.99. The molecule has 0 atom stereocenters. The van der Waals surface area contributed by atoms with Crippen LogP contribution in [0.15, 0.2) is 29.6 Å². The maximum Gasteiger partial charge on any atom is 0.157 e. The SMILES string of the molecule is C#Cc1ccc(-c2nnc(NC3CC(C)(OC)C3)c3ccsc23)c(O)c1. The molecular weight excluding hydrogens is 346 g/mol. The van der Waals surface area contributed by atoms with Crippen molar-refractivity contribution in [1.82, 2.24) is 10.2 Å². The first kappa shape index (κ1) is 16.8. The first-order valence-corrected chi connectivity index (χ1v) is 9.26. The van der Waals surface area contributed by atoms with Gasteiger partial charge in [0.1, 0.15) is 11.4 Å². The van der Waals surface area contributed by atoms with Crippen molar-refractivity contribution in [3.05, 3.63) is 35.2 Å². The van der Waals surface area contributed by atoms with Crippen molar-refractivity contribution in [3.63, 3.8) is 0 Å². The Bertz CT molecular complexity index is 1020. The molecule has 1 aromatic carbocycles. The number of terminal acetylenes is 1. The molecule has 1 aliphatic rings. The van der Waals surface area contributed by atoms with Crippen molar-refractivity contribution >= 4 is 27.2 Å². The lowest BCUT2D eigenvalue weighted by molar-refractivity contribution is -0.0625. The number of thiophene rings is 1. The van der Waals surface area contributed by atoms with Gasteiger partial charge in [0.2, 0.25) is 0 Å². The quantitative estimate of drug-likeness (QED) is 0.684. The molecule has 3 aromatic rings. The van der Waals surface area contributed by atoms with E-state index in [0.29, 0.717) is 22.9 Å². The standard InChI is InChI=1S/C20H19N3O2S/c1-4-12-5-6-14(16(24)9-12)17-18-15(7-8-26-18)19(23-22-17)21-13-10-20(2,11-13)25-3/h1,5-9,13,24H,10-11H2,2-3H3,(H,21,23). The molecular formula is C20H19N3O2S. The molecule has 132 valence electrons. The number of fused-ring (bicyclic) bond motifs is 1. The summed E-state index contributed by atoms with van der Waals surface area (Å²) in [5.74, 6) is 3.40. The van der Waals surface area contributed by atoms with Crippen LogP contribution in [0.5, 0.6) is 5.75 Å². The summed E-state index contributed by atoms with van der Waals surface area (Å²) in [6.45, 7) is 2.11. The van der Waals surface area contributed by atoms with Gasteiger partial charge in [-0.3, -0.25) is 0 Å². The summed E-state index contributed by atoms with van der Waals surface area (Å²) >= 11 is 1.58. The van der Waals surface area contributed by atoms with Crippen LogP contribution in [-0.4, -0.2) is 34.1 Å². The lowest BCUT2D eigenvalue weighted by atomic mass is 9.77. The first-order valence-electron chi connectivity index (χ1n) is 8.38. The number of rotatable bonds is 4. The minimum atomic E-state index is -0.0522. The second-order valence-electron chi connectivity index (χ2n) is 6.84. The molecule has 4 rings (SSSR count). The van der Waals surface area contributed by atoms with E-state index in [4.69, 9.17) is 11.2 Å². The lowest BCUT2D eigenvalue weighted by Gasteiger charge is -2.44. The highest BCUT2D eigenvalue weighted by Gasteiger charge is 2.40. The zero-order chi connectivity index (χ0) is 18.3. The van der Waals surface area contributed by atoms with Crippen LogP contribution in [0.3, 0.4) is 0 Å². The van der Waals surface area contributed by atoms with E-state index in [9.17, 15) is 5.11 Å².